The van der Waals surface area contributed by atoms with E-state index in [-0.39, 0.29) is 24.9 Å². The minimum absolute atomic E-state index is 0.0249. The lowest BCUT2D eigenvalue weighted by Crippen LogP contribution is -2.54. The number of methoxy groups -OCH3 is 1. The van der Waals surface area contributed by atoms with Gasteiger partial charge >= 0.3 is 0 Å². The molecule has 1 rings (SSSR count). The molecule has 0 bridgehead atoms. The molecule has 1 aliphatic rings. The maximum Gasteiger partial charge on any atom is 0.169 e. The predicted octanol–water partition coefficient (Wildman–Crippen LogP) is -0.0226. The summed E-state index contributed by atoms with van der Waals surface area (Å²) in [6, 6.07) is 0.179. The fraction of sp³-hybridized carbons (Fsp3) is 0.909. The highest BCUT2D eigenvalue weighted by Crippen LogP contribution is 2.11. The van der Waals surface area contributed by atoms with E-state index in [1.165, 1.54) is 0 Å². The predicted molar refractivity (Wildman–Crippen MR) is 70.1 cm³/mol. The Hall–Kier alpha value is -0.430. The molecule has 0 amide bonds. The molecule has 0 aromatic carbocycles. The third-order valence-corrected chi connectivity index (χ3v) is 2.98. The van der Waals surface area contributed by atoms with Crippen molar-refractivity contribution < 1.29 is 14.6 Å². The lowest BCUT2D eigenvalue weighted by molar-refractivity contribution is -0.0787. The van der Waals surface area contributed by atoms with Crippen LogP contribution in [0.2, 0.25) is 0 Å². The fourth-order valence-electron chi connectivity index (χ4n) is 1.91. The van der Waals surface area contributed by atoms with Gasteiger partial charge in [-0.15, -0.1) is 0 Å². The first-order valence-corrected chi connectivity index (χ1v) is 6.28. The number of nitrogens with zero attached hydrogens (tertiary/aromatic N) is 1. The summed E-state index contributed by atoms with van der Waals surface area (Å²) in [5.41, 5.74) is 0. The molecule has 2 N–H and O–H groups in total. The average molecular weight is 262 g/mol. The number of hydrogen-bond acceptors (Lipinski definition) is 4. The van der Waals surface area contributed by atoms with Crippen molar-refractivity contribution in [1.29, 1.82) is 0 Å². The molecular weight excluding hydrogens is 240 g/mol. The topological polar surface area (TPSA) is 54.0 Å². The maximum absolute atomic E-state index is 9.14. The van der Waals surface area contributed by atoms with Gasteiger partial charge in [0, 0.05) is 26.2 Å². The molecule has 0 aromatic rings. The summed E-state index contributed by atoms with van der Waals surface area (Å²) in [7, 11) is 1.67. The van der Waals surface area contributed by atoms with Gasteiger partial charge in [-0.1, -0.05) is 0 Å². The van der Waals surface area contributed by atoms with E-state index in [2.05, 4.69) is 5.32 Å². The van der Waals surface area contributed by atoms with Crippen molar-refractivity contribution in [3.63, 3.8) is 0 Å². The van der Waals surface area contributed by atoms with E-state index in [9.17, 15) is 0 Å². The normalized spacial score (nSPS) is 26.7. The summed E-state index contributed by atoms with van der Waals surface area (Å²) < 4.78 is 10.6. The van der Waals surface area contributed by atoms with E-state index < -0.39 is 0 Å². The van der Waals surface area contributed by atoms with Crippen LogP contribution in [0.15, 0.2) is 0 Å². The molecule has 0 aliphatic carbocycles. The quantitative estimate of drug-likeness (QED) is 0.694. The van der Waals surface area contributed by atoms with Gasteiger partial charge in [-0.2, -0.15) is 0 Å². The molecule has 1 aliphatic heterocycles. The number of morpholine rings is 1. The zero-order chi connectivity index (χ0) is 12.8. The molecule has 0 saturated carbocycles. The minimum atomic E-state index is -0.156. The minimum Gasteiger partial charge on any atom is -0.394 e. The molecule has 17 heavy (non-hydrogen) atoms. The number of rotatable bonds is 4. The van der Waals surface area contributed by atoms with Gasteiger partial charge in [0.05, 0.1) is 25.4 Å². The molecule has 3 atom stereocenters. The molecule has 0 radical (unpaired) electrons. The highest BCUT2D eigenvalue weighted by Gasteiger charge is 2.26. The maximum atomic E-state index is 9.14. The summed E-state index contributed by atoms with van der Waals surface area (Å²) in [4.78, 5) is 2.04. The number of hydrogen-bond donors (Lipinski definition) is 2. The molecule has 3 unspecified atom stereocenters. The first kappa shape index (κ1) is 14.6. The van der Waals surface area contributed by atoms with Crippen molar-refractivity contribution in [2.24, 2.45) is 0 Å². The first-order chi connectivity index (χ1) is 8.06. The summed E-state index contributed by atoms with van der Waals surface area (Å²) in [6.07, 6.45) is -0.0744. The van der Waals surface area contributed by atoms with E-state index in [4.69, 9.17) is 26.8 Å². The summed E-state index contributed by atoms with van der Waals surface area (Å²) in [6.45, 7) is 6.02. The third kappa shape index (κ3) is 4.75. The number of aliphatic hydroxyl groups excluding tert-OH is 1. The van der Waals surface area contributed by atoms with Crippen molar-refractivity contribution in [3.05, 3.63) is 0 Å². The molecule has 0 spiro atoms. The Kier molecular flexibility index (Phi) is 6.11. The SMILES string of the molecule is COCC(C)NC(=S)N1CC(C)OC(CO)C1. The van der Waals surface area contributed by atoms with Crippen LogP contribution >= 0.6 is 12.2 Å². The van der Waals surface area contributed by atoms with Crippen LogP contribution < -0.4 is 5.32 Å². The number of nitrogens with one attached hydrogen (secondary N) is 1. The zero-order valence-electron chi connectivity index (χ0n) is 10.7. The van der Waals surface area contributed by atoms with Crippen LogP contribution in [0, 0.1) is 0 Å². The Morgan fingerprint density at radius 3 is 2.94 bits per heavy atom. The molecule has 1 saturated heterocycles. The molecule has 0 aromatic heterocycles. The molecule has 100 valence electrons. The first-order valence-electron chi connectivity index (χ1n) is 5.87. The van der Waals surface area contributed by atoms with E-state index in [0.29, 0.717) is 18.3 Å². The smallest absolute Gasteiger partial charge is 0.169 e. The fourth-order valence-corrected chi connectivity index (χ4v) is 2.26. The van der Waals surface area contributed by atoms with E-state index in [0.717, 1.165) is 6.54 Å². The second kappa shape index (κ2) is 7.10. The van der Waals surface area contributed by atoms with E-state index >= 15 is 0 Å². The van der Waals surface area contributed by atoms with Crippen LogP contribution in [0.4, 0.5) is 0 Å². The molecule has 6 heteroatoms. The van der Waals surface area contributed by atoms with Crippen molar-refractivity contribution in [2.75, 3.05) is 33.4 Å². The lowest BCUT2D eigenvalue weighted by Gasteiger charge is -2.38. The second-order valence-electron chi connectivity index (χ2n) is 4.46. The molecule has 1 heterocycles. The largest absolute Gasteiger partial charge is 0.394 e. The van der Waals surface area contributed by atoms with Gasteiger partial charge in [-0.05, 0) is 26.1 Å². The summed E-state index contributed by atoms with van der Waals surface area (Å²) in [5.74, 6) is 0. The Bertz CT molecular complexity index is 253. The van der Waals surface area contributed by atoms with Gasteiger partial charge in [0.15, 0.2) is 5.11 Å². The van der Waals surface area contributed by atoms with E-state index in [1.54, 1.807) is 7.11 Å². The average Bonchev–Trinajstić information content (AvgIpc) is 2.28. The van der Waals surface area contributed by atoms with Gasteiger partial charge in [-0.25, -0.2) is 0 Å². The Balaban J connectivity index is 2.44. The molecular formula is C11H22N2O3S. The zero-order valence-corrected chi connectivity index (χ0v) is 11.5. The summed E-state index contributed by atoms with van der Waals surface area (Å²) >= 11 is 5.34. The number of aliphatic hydroxyl groups is 1. The van der Waals surface area contributed by atoms with E-state index in [1.807, 2.05) is 18.7 Å². The number of ether oxygens (including phenoxy) is 2. The number of thiocarbonyl (C=S) groups is 1. The molecule has 5 nitrogen and oxygen atoms in total. The van der Waals surface area contributed by atoms with Crippen molar-refractivity contribution in [1.82, 2.24) is 10.2 Å². The lowest BCUT2D eigenvalue weighted by atomic mass is 10.2. The van der Waals surface area contributed by atoms with Gasteiger partial charge in [0.2, 0.25) is 0 Å². The van der Waals surface area contributed by atoms with Crippen LogP contribution in [0.3, 0.4) is 0 Å². The highest BCUT2D eigenvalue weighted by molar-refractivity contribution is 7.80. The Morgan fingerprint density at radius 2 is 2.35 bits per heavy atom. The van der Waals surface area contributed by atoms with Crippen LogP contribution in [0.25, 0.3) is 0 Å². The monoisotopic (exact) mass is 262 g/mol. The third-order valence-electron chi connectivity index (χ3n) is 2.60. The van der Waals surface area contributed by atoms with Crippen molar-refractivity contribution in [2.45, 2.75) is 32.1 Å². The Morgan fingerprint density at radius 1 is 1.65 bits per heavy atom. The van der Waals surface area contributed by atoms with Gasteiger partial charge in [-0.3, -0.25) is 0 Å². The highest BCUT2D eigenvalue weighted by atomic mass is 32.1. The Labute approximate surface area is 108 Å². The van der Waals surface area contributed by atoms with Crippen LogP contribution in [-0.4, -0.2) is 66.8 Å². The van der Waals surface area contributed by atoms with Gasteiger partial charge in [0.25, 0.3) is 0 Å². The van der Waals surface area contributed by atoms with Crippen LogP contribution in [-0.2, 0) is 9.47 Å². The van der Waals surface area contributed by atoms with Gasteiger partial charge < -0.3 is 24.8 Å². The second-order valence-corrected chi connectivity index (χ2v) is 4.85. The molecule has 1 fully saturated rings. The van der Waals surface area contributed by atoms with Crippen LogP contribution in [0.1, 0.15) is 13.8 Å². The standard InChI is InChI=1S/C11H22N2O3S/c1-8(7-15-3)12-11(17)13-4-9(2)16-10(5-13)6-14/h8-10,14H,4-7H2,1-3H3,(H,12,17). The van der Waals surface area contributed by atoms with Crippen LogP contribution in [0.5, 0.6) is 0 Å². The van der Waals surface area contributed by atoms with Crippen molar-refractivity contribution >= 4 is 17.3 Å². The summed E-state index contributed by atoms with van der Waals surface area (Å²) in [5, 5.41) is 13.0. The van der Waals surface area contributed by atoms with Gasteiger partial charge in [0.1, 0.15) is 0 Å². The van der Waals surface area contributed by atoms with Crippen molar-refractivity contribution in [3.8, 4) is 0 Å².